The second kappa shape index (κ2) is 5.63. The van der Waals surface area contributed by atoms with Crippen molar-refractivity contribution in [1.29, 1.82) is 0 Å². The van der Waals surface area contributed by atoms with E-state index in [1.807, 2.05) is 0 Å². The zero-order valence-electron chi connectivity index (χ0n) is 9.40. The van der Waals surface area contributed by atoms with Gasteiger partial charge in [0.15, 0.2) is 5.65 Å². The number of thioether (sulfide) groups is 1. The largest absolute Gasteiger partial charge is 0.329 e. The average Bonchev–Trinajstić information content (AvgIpc) is 2.75. The van der Waals surface area contributed by atoms with Crippen molar-refractivity contribution in [2.45, 2.75) is 17.9 Å². The summed E-state index contributed by atoms with van der Waals surface area (Å²) in [5, 5.41) is 0.771. The Morgan fingerprint density at radius 3 is 2.89 bits per heavy atom. The Labute approximate surface area is 108 Å². The van der Waals surface area contributed by atoms with Crippen molar-refractivity contribution >= 4 is 33.0 Å². The van der Waals surface area contributed by atoms with Gasteiger partial charge in [-0.15, -0.1) is 11.8 Å². The number of nitrogens with zero attached hydrogens (tertiary/aromatic N) is 3. The van der Waals surface area contributed by atoms with Gasteiger partial charge in [-0.05, 0) is 18.6 Å². The number of imidazole rings is 1. The van der Waals surface area contributed by atoms with Crippen LogP contribution in [-0.4, -0.2) is 44.4 Å². The van der Waals surface area contributed by atoms with Gasteiger partial charge in [0.05, 0.1) is 12.1 Å². The molecule has 0 bridgehead atoms. The molecule has 98 valence electrons. The Kier molecular flexibility index (Phi) is 4.15. The van der Waals surface area contributed by atoms with Crippen molar-refractivity contribution in [2.75, 3.05) is 11.5 Å². The topological polar surface area (TPSA) is 109 Å². The van der Waals surface area contributed by atoms with Gasteiger partial charge >= 0.3 is 0 Å². The summed E-state index contributed by atoms with van der Waals surface area (Å²) in [5.41, 5.74) is 1.41. The number of rotatable bonds is 6. The maximum Gasteiger partial charge on any atom is 0.264 e. The average molecular weight is 288 g/mol. The predicted octanol–water partition coefficient (Wildman–Crippen LogP) is 1.11. The lowest BCUT2D eigenvalue weighted by molar-refractivity contribution is 0.481. The Balaban J connectivity index is 1.85. The van der Waals surface area contributed by atoms with E-state index in [2.05, 4.69) is 19.9 Å². The first-order valence-corrected chi connectivity index (χ1v) is 7.88. The maximum absolute atomic E-state index is 10.5. The molecule has 2 heterocycles. The van der Waals surface area contributed by atoms with Crippen LogP contribution in [0.25, 0.3) is 11.2 Å². The van der Waals surface area contributed by atoms with Gasteiger partial charge in [0, 0.05) is 0 Å². The number of aromatic amines is 1. The monoisotopic (exact) mass is 288 g/mol. The van der Waals surface area contributed by atoms with Crippen LogP contribution in [0.5, 0.6) is 0 Å². The number of hydrogen-bond donors (Lipinski definition) is 2. The van der Waals surface area contributed by atoms with Crippen LogP contribution in [0.4, 0.5) is 0 Å². The summed E-state index contributed by atoms with van der Waals surface area (Å²) in [5.74, 6) is 0.518. The van der Waals surface area contributed by atoms with Gasteiger partial charge in [-0.2, -0.15) is 8.42 Å². The quantitative estimate of drug-likeness (QED) is 0.354. The Morgan fingerprint density at radius 1 is 1.28 bits per heavy atom. The summed E-state index contributed by atoms with van der Waals surface area (Å²) < 4.78 is 29.6. The van der Waals surface area contributed by atoms with Crippen molar-refractivity contribution in [3.63, 3.8) is 0 Å². The van der Waals surface area contributed by atoms with Gasteiger partial charge in [-0.3, -0.25) is 4.55 Å². The molecule has 2 rings (SSSR count). The highest BCUT2D eigenvalue weighted by atomic mass is 32.2. The number of hydrogen-bond acceptors (Lipinski definition) is 6. The Bertz CT molecular complexity index is 626. The molecule has 2 N–H and O–H groups in total. The first-order chi connectivity index (χ1) is 8.56. The molecular formula is C9H12N4O3S2. The predicted molar refractivity (Wildman–Crippen MR) is 68.1 cm³/mol. The lowest BCUT2D eigenvalue weighted by Gasteiger charge is -2.00. The molecule has 18 heavy (non-hydrogen) atoms. The normalized spacial score (nSPS) is 12.1. The molecule has 0 aliphatic heterocycles. The van der Waals surface area contributed by atoms with Crippen LogP contribution in [0, 0.1) is 0 Å². The fourth-order valence-electron chi connectivity index (χ4n) is 1.40. The number of nitrogens with one attached hydrogen (secondary N) is 1. The molecule has 2 aromatic heterocycles. The highest BCUT2D eigenvalue weighted by molar-refractivity contribution is 7.99. The summed E-state index contributed by atoms with van der Waals surface area (Å²) in [6.45, 7) is 0. The van der Waals surface area contributed by atoms with Crippen LogP contribution >= 0.6 is 11.8 Å². The fraction of sp³-hybridized carbons (Fsp3) is 0.444. The number of unbranched alkanes of at least 4 members (excludes halogenated alkanes) is 1. The molecule has 0 saturated carbocycles. The van der Waals surface area contributed by atoms with E-state index in [4.69, 9.17) is 4.55 Å². The number of fused-ring (bicyclic) bond motifs is 1. The van der Waals surface area contributed by atoms with Crippen molar-refractivity contribution in [1.82, 2.24) is 19.9 Å². The molecule has 9 heteroatoms. The van der Waals surface area contributed by atoms with Crippen molar-refractivity contribution in [3.8, 4) is 0 Å². The molecular weight excluding hydrogens is 276 g/mol. The van der Waals surface area contributed by atoms with Crippen molar-refractivity contribution < 1.29 is 13.0 Å². The molecule has 0 saturated heterocycles. The molecule has 0 aromatic carbocycles. The molecule has 0 aliphatic rings. The smallest absolute Gasteiger partial charge is 0.264 e. The van der Waals surface area contributed by atoms with Crippen LogP contribution in [0.15, 0.2) is 17.7 Å². The fourth-order valence-corrected chi connectivity index (χ4v) is 2.92. The van der Waals surface area contributed by atoms with Gasteiger partial charge in [0.2, 0.25) is 0 Å². The molecule has 0 atom stereocenters. The van der Waals surface area contributed by atoms with Crippen LogP contribution in [0.3, 0.4) is 0 Å². The second-order valence-corrected chi connectivity index (χ2v) is 6.28. The summed E-state index contributed by atoms with van der Waals surface area (Å²) in [6, 6.07) is 0. The lowest BCUT2D eigenvalue weighted by Crippen LogP contribution is -2.03. The van der Waals surface area contributed by atoms with Crippen molar-refractivity contribution in [3.05, 3.63) is 12.7 Å². The van der Waals surface area contributed by atoms with Crippen LogP contribution < -0.4 is 0 Å². The van der Waals surface area contributed by atoms with Crippen LogP contribution in [0.1, 0.15) is 12.8 Å². The first kappa shape index (κ1) is 13.2. The third-order valence-electron chi connectivity index (χ3n) is 2.22. The van der Waals surface area contributed by atoms with Gasteiger partial charge in [0.25, 0.3) is 10.1 Å². The molecule has 0 fully saturated rings. The number of aromatic nitrogens is 4. The van der Waals surface area contributed by atoms with Crippen LogP contribution in [0.2, 0.25) is 0 Å². The van der Waals surface area contributed by atoms with Gasteiger partial charge in [-0.1, -0.05) is 0 Å². The third-order valence-corrected chi connectivity index (χ3v) is 4.09. The Morgan fingerprint density at radius 2 is 2.11 bits per heavy atom. The highest BCUT2D eigenvalue weighted by Gasteiger charge is 2.07. The maximum atomic E-state index is 10.5. The van der Waals surface area contributed by atoms with Gasteiger partial charge in [-0.25, -0.2) is 15.0 Å². The molecule has 0 spiro atoms. The summed E-state index contributed by atoms with van der Waals surface area (Å²) in [7, 11) is -3.85. The van der Waals surface area contributed by atoms with E-state index < -0.39 is 10.1 Å². The van der Waals surface area contributed by atoms with E-state index in [9.17, 15) is 8.42 Å². The minimum absolute atomic E-state index is 0.199. The molecule has 0 amide bonds. The summed E-state index contributed by atoms with van der Waals surface area (Å²) >= 11 is 1.50. The van der Waals surface area contributed by atoms with E-state index in [-0.39, 0.29) is 5.75 Å². The standard InChI is InChI=1S/C9H12N4O3S2/c14-18(15,16)4-2-1-3-17-9-7-8(11-5-10-7)12-6-13-9/h5-6H,1-4H2,(H,14,15,16)(H,10,11,12,13). The minimum Gasteiger partial charge on any atom is -0.329 e. The minimum atomic E-state index is -3.85. The molecule has 0 aliphatic carbocycles. The second-order valence-electron chi connectivity index (χ2n) is 3.62. The molecule has 0 radical (unpaired) electrons. The van der Waals surface area contributed by atoms with E-state index in [0.717, 1.165) is 10.5 Å². The SMILES string of the molecule is O=S(=O)(O)CCCCSc1ncnc2[nH]cnc12. The van der Waals surface area contributed by atoms with Gasteiger partial charge in [0.1, 0.15) is 16.9 Å². The zero-order chi connectivity index (χ0) is 13.0. The third kappa shape index (κ3) is 3.65. The Hall–Kier alpha value is -1.19. The van der Waals surface area contributed by atoms with E-state index in [1.54, 1.807) is 6.33 Å². The molecule has 7 nitrogen and oxygen atoms in total. The van der Waals surface area contributed by atoms with Crippen molar-refractivity contribution in [2.24, 2.45) is 0 Å². The first-order valence-electron chi connectivity index (χ1n) is 5.28. The van der Waals surface area contributed by atoms with E-state index >= 15 is 0 Å². The van der Waals surface area contributed by atoms with E-state index in [1.165, 1.54) is 18.1 Å². The lowest BCUT2D eigenvalue weighted by atomic mass is 10.4. The van der Waals surface area contributed by atoms with Crippen LogP contribution in [-0.2, 0) is 10.1 Å². The van der Waals surface area contributed by atoms with Gasteiger partial charge < -0.3 is 4.98 Å². The molecule has 2 aromatic rings. The van der Waals surface area contributed by atoms with E-state index in [0.29, 0.717) is 24.2 Å². The molecule has 0 unspecified atom stereocenters. The summed E-state index contributed by atoms with van der Waals surface area (Å²) in [6.07, 6.45) is 4.13. The summed E-state index contributed by atoms with van der Waals surface area (Å²) in [4.78, 5) is 15.2. The highest BCUT2D eigenvalue weighted by Crippen LogP contribution is 2.22. The number of H-pyrrole nitrogens is 1. The zero-order valence-corrected chi connectivity index (χ0v) is 11.0.